The van der Waals surface area contributed by atoms with Crippen LogP contribution in [0.3, 0.4) is 0 Å². The van der Waals surface area contributed by atoms with Gasteiger partial charge in [0.15, 0.2) is 0 Å². The summed E-state index contributed by atoms with van der Waals surface area (Å²) in [7, 11) is 0. The van der Waals surface area contributed by atoms with Gasteiger partial charge >= 0.3 is 6.18 Å². The zero-order valence-electron chi connectivity index (χ0n) is 7.75. The largest absolute Gasteiger partial charge is 0.433 e. The van der Waals surface area contributed by atoms with Crippen LogP contribution in [0.4, 0.5) is 13.2 Å². The molecular formula is C11H8F3N. The van der Waals surface area contributed by atoms with Gasteiger partial charge in [-0.15, -0.1) is 0 Å². The third-order valence-electron chi connectivity index (χ3n) is 2.11. The minimum absolute atomic E-state index is 0.374. The Kier molecular flexibility index (Phi) is 2.34. The molecule has 1 aliphatic heterocycles. The van der Waals surface area contributed by atoms with Crippen LogP contribution in [0.2, 0.25) is 0 Å². The van der Waals surface area contributed by atoms with Gasteiger partial charge in [0.2, 0.25) is 0 Å². The van der Waals surface area contributed by atoms with Crippen molar-refractivity contribution < 1.29 is 13.2 Å². The van der Waals surface area contributed by atoms with Crippen LogP contribution in [-0.2, 0) is 0 Å². The fraction of sp³-hybridized carbons (Fsp3) is 0.182. The maximum atomic E-state index is 12.4. The first-order chi connectivity index (χ1) is 7.07. The van der Waals surface area contributed by atoms with Gasteiger partial charge in [-0.3, -0.25) is 0 Å². The Bertz CT molecular complexity index is 420. The molecule has 0 aromatic rings. The molecule has 0 saturated heterocycles. The molecule has 2 rings (SSSR count). The van der Waals surface area contributed by atoms with Crippen LogP contribution in [-0.4, -0.2) is 11.9 Å². The number of allylic oxidation sites excluding steroid dienone is 8. The van der Waals surface area contributed by atoms with Gasteiger partial charge in [-0.05, 0) is 24.1 Å². The predicted octanol–water partition coefficient (Wildman–Crippen LogP) is 3.33. The summed E-state index contributed by atoms with van der Waals surface area (Å²) in [6.45, 7) is 0. The number of hydrogen-bond acceptors (Lipinski definition) is 1. The van der Waals surface area contributed by atoms with Gasteiger partial charge in [-0.1, -0.05) is 24.3 Å². The molecule has 0 saturated carbocycles. The average Bonchev–Trinajstić information content (AvgIpc) is 2.38. The predicted molar refractivity (Wildman–Crippen MR) is 52.6 cm³/mol. The number of alkyl halides is 3. The first-order valence-electron chi connectivity index (χ1n) is 4.49. The van der Waals surface area contributed by atoms with Gasteiger partial charge in [-0.2, -0.15) is 13.2 Å². The minimum Gasteiger partial charge on any atom is -0.243 e. The summed E-state index contributed by atoms with van der Waals surface area (Å²) in [5.74, 6) is 0. The third kappa shape index (κ3) is 2.09. The topological polar surface area (TPSA) is 12.4 Å². The van der Waals surface area contributed by atoms with E-state index in [4.69, 9.17) is 0 Å². The summed E-state index contributed by atoms with van der Waals surface area (Å²) in [6.07, 6.45) is 5.60. The summed E-state index contributed by atoms with van der Waals surface area (Å²) in [5.41, 5.74) is 0.260. The molecule has 0 fully saturated rings. The van der Waals surface area contributed by atoms with Gasteiger partial charge < -0.3 is 0 Å². The molecule has 0 unspecified atom stereocenters. The quantitative estimate of drug-likeness (QED) is 0.582. The monoisotopic (exact) mass is 211 g/mol. The number of aliphatic imine (C=N–C) groups is 1. The SMILES string of the molecule is FC(F)(F)C1=CC=CC2=CCC=CC2=N1. The normalized spacial score (nSPS) is 20.1. The van der Waals surface area contributed by atoms with Crippen molar-refractivity contribution in [3.05, 3.63) is 47.7 Å². The second-order valence-electron chi connectivity index (χ2n) is 3.20. The fourth-order valence-electron chi connectivity index (χ4n) is 1.40. The second kappa shape index (κ2) is 3.53. The Balaban J connectivity index is 2.43. The van der Waals surface area contributed by atoms with Gasteiger partial charge in [0.1, 0.15) is 5.70 Å². The van der Waals surface area contributed by atoms with Crippen LogP contribution in [0.1, 0.15) is 6.42 Å². The Morgan fingerprint density at radius 1 is 1.20 bits per heavy atom. The molecule has 0 aromatic heterocycles. The van der Waals surface area contributed by atoms with E-state index in [1.807, 2.05) is 6.08 Å². The summed E-state index contributed by atoms with van der Waals surface area (Å²) in [6, 6.07) is 0. The van der Waals surface area contributed by atoms with Crippen LogP contribution in [0, 0.1) is 0 Å². The lowest BCUT2D eigenvalue weighted by atomic mass is 10.0. The molecule has 15 heavy (non-hydrogen) atoms. The molecule has 0 radical (unpaired) electrons. The van der Waals surface area contributed by atoms with E-state index < -0.39 is 11.9 Å². The summed E-state index contributed by atoms with van der Waals surface area (Å²) in [4.78, 5) is 3.60. The van der Waals surface area contributed by atoms with Crippen LogP contribution in [0.25, 0.3) is 0 Å². The molecule has 0 spiro atoms. The Morgan fingerprint density at radius 3 is 2.73 bits per heavy atom. The zero-order chi connectivity index (χ0) is 10.9. The van der Waals surface area contributed by atoms with Crippen molar-refractivity contribution in [3.63, 3.8) is 0 Å². The first-order valence-corrected chi connectivity index (χ1v) is 4.49. The first kappa shape index (κ1) is 9.96. The second-order valence-corrected chi connectivity index (χ2v) is 3.20. The van der Waals surface area contributed by atoms with Gasteiger partial charge in [0, 0.05) is 0 Å². The zero-order valence-corrected chi connectivity index (χ0v) is 7.75. The van der Waals surface area contributed by atoms with Crippen molar-refractivity contribution in [1.29, 1.82) is 0 Å². The minimum atomic E-state index is -4.39. The van der Waals surface area contributed by atoms with E-state index in [0.29, 0.717) is 5.71 Å². The van der Waals surface area contributed by atoms with Crippen molar-refractivity contribution in [1.82, 2.24) is 0 Å². The number of hydrogen-bond donors (Lipinski definition) is 0. The van der Waals surface area contributed by atoms with E-state index in [1.165, 1.54) is 6.08 Å². The molecule has 1 nitrogen and oxygen atoms in total. The van der Waals surface area contributed by atoms with E-state index in [1.54, 1.807) is 18.2 Å². The van der Waals surface area contributed by atoms with Gasteiger partial charge in [0.05, 0.1) is 5.71 Å². The maximum Gasteiger partial charge on any atom is 0.433 e. The number of rotatable bonds is 0. The van der Waals surface area contributed by atoms with Gasteiger partial charge in [0.25, 0.3) is 0 Å². The average molecular weight is 211 g/mol. The van der Waals surface area contributed by atoms with Gasteiger partial charge in [-0.25, -0.2) is 4.99 Å². The molecule has 2 aliphatic rings. The van der Waals surface area contributed by atoms with Crippen molar-refractivity contribution in [2.45, 2.75) is 12.6 Å². The van der Waals surface area contributed by atoms with Crippen molar-refractivity contribution in [2.24, 2.45) is 4.99 Å². The molecule has 78 valence electrons. The fourth-order valence-corrected chi connectivity index (χ4v) is 1.40. The van der Waals surface area contributed by atoms with Crippen LogP contribution >= 0.6 is 0 Å². The van der Waals surface area contributed by atoms with Crippen molar-refractivity contribution in [3.8, 4) is 0 Å². The Morgan fingerprint density at radius 2 is 2.00 bits per heavy atom. The lowest BCUT2D eigenvalue weighted by Gasteiger charge is -2.09. The Labute approximate surface area is 85.0 Å². The van der Waals surface area contributed by atoms with E-state index in [-0.39, 0.29) is 0 Å². The molecule has 1 heterocycles. The molecule has 0 amide bonds. The molecule has 0 atom stereocenters. The van der Waals surface area contributed by atoms with Crippen molar-refractivity contribution >= 4 is 5.71 Å². The van der Waals surface area contributed by atoms with E-state index in [9.17, 15) is 13.2 Å². The number of fused-ring (bicyclic) bond motifs is 1. The highest BCUT2D eigenvalue weighted by atomic mass is 19.4. The smallest absolute Gasteiger partial charge is 0.243 e. The highest BCUT2D eigenvalue weighted by Gasteiger charge is 2.34. The lowest BCUT2D eigenvalue weighted by molar-refractivity contribution is -0.0922. The maximum absolute atomic E-state index is 12.4. The van der Waals surface area contributed by atoms with Crippen LogP contribution < -0.4 is 0 Å². The van der Waals surface area contributed by atoms with E-state index in [0.717, 1.165) is 18.1 Å². The molecule has 4 heteroatoms. The van der Waals surface area contributed by atoms with Crippen LogP contribution in [0.5, 0.6) is 0 Å². The number of nitrogens with zero attached hydrogens (tertiary/aromatic N) is 1. The molecule has 0 bridgehead atoms. The highest BCUT2D eigenvalue weighted by Crippen LogP contribution is 2.29. The summed E-state index contributed by atoms with van der Waals surface area (Å²) in [5, 5.41) is 0. The molecule has 0 N–H and O–H groups in total. The van der Waals surface area contributed by atoms with Crippen molar-refractivity contribution in [2.75, 3.05) is 0 Å². The van der Waals surface area contributed by atoms with Crippen LogP contribution in [0.15, 0.2) is 52.7 Å². The lowest BCUT2D eigenvalue weighted by Crippen LogP contribution is -2.11. The molecular weight excluding hydrogens is 203 g/mol. The summed E-state index contributed by atoms with van der Waals surface area (Å²) < 4.78 is 37.3. The molecule has 1 aliphatic carbocycles. The summed E-state index contributed by atoms with van der Waals surface area (Å²) >= 11 is 0. The van der Waals surface area contributed by atoms with E-state index >= 15 is 0 Å². The number of halogens is 3. The highest BCUT2D eigenvalue weighted by molar-refractivity contribution is 6.11. The Hall–Kier alpha value is -1.58. The molecule has 0 aromatic carbocycles. The van der Waals surface area contributed by atoms with E-state index in [2.05, 4.69) is 4.99 Å². The third-order valence-corrected chi connectivity index (χ3v) is 2.11. The standard InChI is InChI=1S/C11H8F3N/c12-11(13,14)10-7-3-5-8-4-1-2-6-9(8)15-10/h2-7H,1H2.